The lowest BCUT2D eigenvalue weighted by Gasteiger charge is -2.28. The highest BCUT2D eigenvalue weighted by atomic mass is 31.1. The molecule has 0 N–H and O–H groups in total. The lowest BCUT2D eigenvalue weighted by Crippen LogP contribution is -2.16. The highest BCUT2D eigenvalue weighted by Crippen LogP contribution is 2.57. The van der Waals surface area contributed by atoms with Crippen molar-refractivity contribution in [3.8, 4) is 27.6 Å². The Morgan fingerprint density at radius 2 is 0.602 bits per heavy atom. The first kappa shape index (κ1) is 51.9. The molecule has 0 saturated heterocycles. The normalized spacial score (nSPS) is 13.9. The first-order chi connectivity index (χ1) is 40.2. The third-order valence-corrected chi connectivity index (χ3v) is 20.2. The molecule has 1 aromatic heterocycles. The Kier molecular flexibility index (Phi) is 12.7. The molecule has 0 aliphatic heterocycles. The van der Waals surface area contributed by atoms with E-state index < -0.39 is 7.53 Å². The second-order valence-electron chi connectivity index (χ2n) is 24.2. The Labute approximate surface area is 491 Å². The van der Waals surface area contributed by atoms with E-state index in [1.165, 1.54) is 127 Å². The van der Waals surface area contributed by atoms with E-state index in [0.717, 1.165) is 22.7 Å². The molecule has 2 nitrogen and oxygen atoms in total. The topological polar surface area (TPSA) is 6.48 Å². The first-order valence-corrected chi connectivity index (χ1v) is 30.5. The maximum atomic E-state index is 2.43. The summed E-state index contributed by atoms with van der Waals surface area (Å²) in [5.74, 6) is 0. The third kappa shape index (κ3) is 9.23. The number of hydrogen-bond donors (Lipinski definition) is 0. The first-order valence-electron chi connectivity index (χ1n) is 29.2. The van der Waals surface area contributed by atoms with Crippen LogP contribution in [0.4, 0.5) is 34.1 Å². The quantitative estimate of drug-likeness (QED) is 0.119. The Morgan fingerprint density at radius 1 is 0.289 bits per heavy atom. The molecule has 0 atom stereocenters. The fourth-order valence-electron chi connectivity index (χ4n) is 13.4. The van der Waals surface area contributed by atoms with E-state index in [-0.39, 0.29) is 10.8 Å². The summed E-state index contributed by atoms with van der Waals surface area (Å²) in [6, 6.07) is 89.0. The zero-order chi connectivity index (χ0) is 56.7. The van der Waals surface area contributed by atoms with Gasteiger partial charge >= 0.3 is 0 Å². The molecule has 83 heavy (non-hydrogen) atoms. The van der Waals surface area contributed by atoms with E-state index in [1.807, 2.05) is 0 Å². The van der Waals surface area contributed by atoms with Gasteiger partial charge in [-0.2, -0.15) is 0 Å². The number of rotatable bonds is 11. The van der Waals surface area contributed by atoms with Crippen LogP contribution in [0.3, 0.4) is 0 Å². The van der Waals surface area contributed by atoms with Crippen LogP contribution in [0.15, 0.2) is 237 Å². The summed E-state index contributed by atoms with van der Waals surface area (Å²) in [6.45, 7) is 18.2. The lowest BCUT2D eigenvalue weighted by atomic mass is 9.81. The van der Waals surface area contributed by atoms with Crippen LogP contribution >= 0.6 is 7.53 Å². The molecule has 402 valence electrons. The molecule has 14 rings (SSSR count). The van der Waals surface area contributed by atoms with Crippen molar-refractivity contribution in [1.29, 1.82) is 0 Å². The number of hydrogen-bond acceptors (Lipinski definition) is 2. The van der Waals surface area contributed by atoms with E-state index in [2.05, 4.69) is 326 Å². The SMILES string of the molecule is Cc1cccc(N(c2cccc(C)c2)c2ccc3c(c2)C(C)(C)c2cc(C=Cc4ccc5c(c4)c4cc(C=Cc6ccc7c(c6)C(C)(C)c6cc(N(c8cccc(C)c8)c8cccc(C)c8)ccc6-7)ccc4p5-c4ccccc4)ccc2-3)c1. The number of fused-ring (bicyclic) bond motifs is 9. The molecule has 0 bridgehead atoms. The third-order valence-electron chi connectivity index (χ3n) is 17.7. The van der Waals surface area contributed by atoms with Gasteiger partial charge in [0.2, 0.25) is 0 Å². The summed E-state index contributed by atoms with van der Waals surface area (Å²) >= 11 is 0. The van der Waals surface area contributed by atoms with Crippen molar-refractivity contribution in [1.82, 2.24) is 0 Å². The van der Waals surface area contributed by atoms with Crippen LogP contribution in [0.2, 0.25) is 0 Å². The Morgan fingerprint density at radius 3 is 0.964 bits per heavy atom. The second-order valence-corrected chi connectivity index (χ2v) is 26.4. The summed E-state index contributed by atoms with van der Waals surface area (Å²) < 4.78 is 0. The van der Waals surface area contributed by atoms with Crippen LogP contribution < -0.4 is 9.80 Å². The zero-order valence-electron chi connectivity index (χ0n) is 48.7. The molecule has 0 radical (unpaired) electrons. The average molecular weight is 1090 g/mol. The number of benzene rings is 11. The number of nitrogens with zero attached hydrogens (tertiary/aromatic N) is 2. The molecule has 1 heterocycles. The van der Waals surface area contributed by atoms with Gasteiger partial charge in [-0.15, -0.1) is 0 Å². The van der Waals surface area contributed by atoms with Crippen LogP contribution in [0.5, 0.6) is 0 Å². The summed E-state index contributed by atoms with van der Waals surface area (Å²) in [4.78, 5) is 4.81. The zero-order valence-corrected chi connectivity index (χ0v) is 49.6. The van der Waals surface area contributed by atoms with Crippen molar-refractivity contribution < 1.29 is 0 Å². The van der Waals surface area contributed by atoms with Crippen molar-refractivity contribution in [3.63, 3.8) is 0 Å². The van der Waals surface area contributed by atoms with E-state index in [4.69, 9.17) is 0 Å². The monoisotopic (exact) mass is 1090 g/mol. The maximum Gasteiger partial charge on any atom is 0.0465 e. The van der Waals surface area contributed by atoms with E-state index in [1.54, 1.807) is 0 Å². The fraction of sp³-hybridized carbons (Fsp3) is 0.125. The van der Waals surface area contributed by atoms with Gasteiger partial charge in [-0.3, -0.25) is 0 Å². The van der Waals surface area contributed by atoms with Crippen molar-refractivity contribution in [2.45, 2.75) is 66.2 Å². The van der Waals surface area contributed by atoms with Crippen LogP contribution in [0.25, 0.3) is 72.9 Å². The van der Waals surface area contributed by atoms with Crippen LogP contribution in [-0.4, -0.2) is 0 Å². The van der Waals surface area contributed by atoms with Crippen molar-refractivity contribution in [3.05, 3.63) is 303 Å². The molecule has 2 aliphatic rings. The molecular formula is C80H67N2P. The second kappa shape index (κ2) is 20.4. The van der Waals surface area contributed by atoms with E-state index in [9.17, 15) is 0 Å². The largest absolute Gasteiger partial charge is 0.310 e. The van der Waals surface area contributed by atoms with E-state index in [0.29, 0.717) is 0 Å². The molecule has 2 aliphatic carbocycles. The van der Waals surface area contributed by atoms with Gasteiger partial charge in [-0.25, -0.2) is 0 Å². The Balaban J connectivity index is 0.763. The molecule has 3 heteroatoms. The molecule has 0 spiro atoms. The number of aryl methyl sites for hydroxylation is 4. The average Bonchev–Trinajstić information content (AvgIpc) is 2.88. The highest BCUT2D eigenvalue weighted by molar-refractivity contribution is 7.67. The summed E-state index contributed by atoms with van der Waals surface area (Å²) in [7, 11) is -0.704. The maximum absolute atomic E-state index is 2.43. The van der Waals surface area contributed by atoms with Gasteiger partial charge in [0.05, 0.1) is 0 Å². The summed E-state index contributed by atoms with van der Waals surface area (Å²) in [6.07, 6.45) is 9.23. The van der Waals surface area contributed by atoms with Gasteiger partial charge in [-0.1, -0.05) is 199 Å². The van der Waals surface area contributed by atoms with Crippen molar-refractivity contribution >= 4 is 87.0 Å². The van der Waals surface area contributed by atoms with Crippen LogP contribution in [0, 0.1) is 27.7 Å². The smallest absolute Gasteiger partial charge is 0.0465 e. The molecule has 0 saturated carbocycles. The van der Waals surface area contributed by atoms with Crippen molar-refractivity contribution in [2.75, 3.05) is 9.80 Å². The molecule has 0 unspecified atom stereocenters. The molecule has 0 fully saturated rings. The molecular weight excluding hydrogens is 1020 g/mol. The van der Waals surface area contributed by atoms with Gasteiger partial charge in [0, 0.05) is 55.2 Å². The Hall–Kier alpha value is -9.20. The minimum absolute atomic E-state index is 0.186. The summed E-state index contributed by atoms with van der Waals surface area (Å²) in [5.41, 5.74) is 27.1. The molecule has 0 amide bonds. The van der Waals surface area contributed by atoms with Gasteiger partial charge in [0.1, 0.15) is 0 Å². The predicted molar refractivity (Wildman–Crippen MR) is 360 cm³/mol. The van der Waals surface area contributed by atoms with Crippen LogP contribution in [-0.2, 0) is 10.8 Å². The van der Waals surface area contributed by atoms with Gasteiger partial charge in [-0.05, 0) is 230 Å². The van der Waals surface area contributed by atoms with Crippen molar-refractivity contribution in [2.24, 2.45) is 0 Å². The minimum atomic E-state index is -0.704. The minimum Gasteiger partial charge on any atom is -0.310 e. The van der Waals surface area contributed by atoms with Gasteiger partial charge in [0.25, 0.3) is 0 Å². The lowest BCUT2D eigenvalue weighted by molar-refractivity contribution is 0.660. The fourth-order valence-corrected chi connectivity index (χ4v) is 16.0. The number of anilines is 6. The van der Waals surface area contributed by atoms with E-state index >= 15 is 0 Å². The van der Waals surface area contributed by atoms with Gasteiger partial charge in [0.15, 0.2) is 0 Å². The van der Waals surface area contributed by atoms with Crippen LogP contribution in [0.1, 0.15) is 94.5 Å². The highest BCUT2D eigenvalue weighted by Gasteiger charge is 2.38. The predicted octanol–water partition coefficient (Wildman–Crippen LogP) is 23.1. The molecule has 12 aromatic rings. The van der Waals surface area contributed by atoms with Gasteiger partial charge < -0.3 is 9.80 Å². The Bertz CT molecular complexity index is 4260. The standard InChI is InChI=1S/C80H67N2P/c1-52-16-12-20-60(42-52)81(61-21-13-17-53(2)43-61)64-34-38-69-67-36-30-58(48-73(67)79(5,6)75(69)50-64)28-26-56-32-40-77-71(46-56)72-47-57(33-41-78(72)83(77)66-24-10-9-11-25-66)27-29-59-31-37-68-70-39-35-65(51-76(70)80(7,8)74(68)49-59)82(62-22-14-18-54(3)44-62)63-23-15-19-55(4)45-63/h9-51H,1-8H3. The summed E-state index contributed by atoms with van der Waals surface area (Å²) in [5, 5.41) is 6.89. The molecule has 11 aromatic carbocycles.